The number of aromatic amines is 1. The smallest absolute Gasteiger partial charge is 0.291 e. The number of nitrogens with one attached hydrogen (secondary N) is 2. The van der Waals surface area contributed by atoms with Crippen LogP contribution in [0.5, 0.6) is 0 Å². The van der Waals surface area contributed by atoms with E-state index in [1.54, 1.807) is 17.8 Å². The van der Waals surface area contributed by atoms with E-state index in [1.165, 1.54) is 6.20 Å². The first-order chi connectivity index (χ1) is 9.63. The SMILES string of the molecule is CC(CSc1ccc(Cl)cc1)=NNc1ccnc(=O)[nH]1. The molecule has 0 amide bonds. The quantitative estimate of drug-likeness (QED) is 0.506. The van der Waals surface area contributed by atoms with Crippen LogP contribution in [0.2, 0.25) is 5.02 Å². The van der Waals surface area contributed by atoms with Gasteiger partial charge >= 0.3 is 5.69 Å². The van der Waals surface area contributed by atoms with Crippen molar-refractivity contribution in [2.24, 2.45) is 5.10 Å². The first kappa shape index (κ1) is 14.6. The highest BCUT2D eigenvalue weighted by Gasteiger charge is 1.97. The number of halogens is 1. The van der Waals surface area contributed by atoms with Crippen LogP contribution < -0.4 is 11.1 Å². The van der Waals surface area contributed by atoms with E-state index in [0.717, 1.165) is 21.4 Å². The first-order valence-corrected chi connectivity index (χ1v) is 7.23. The normalized spacial score (nSPS) is 11.4. The van der Waals surface area contributed by atoms with E-state index in [9.17, 15) is 4.79 Å². The molecule has 2 N–H and O–H groups in total. The molecule has 0 saturated heterocycles. The Morgan fingerprint density at radius 1 is 1.40 bits per heavy atom. The highest BCUT2D eigenvalue weighted by Crippen LogP contribution is 2.20. The van der Waals surface area contributed by atoms with Gasteiger partial charge in [0.25, 0.3) is 0 Å². The van der Waals surface area contributed by atoms with Gasteiger partial charge in [-0.05, 0) is 37.3 Å². The predicted molar refractivity (Wildman–Crippen MR) is 83.8 cm³/mol. The summed E-state index contributed by atoms with van der Waals surface area (Å²) in [7, 11) is 0. The molecule has 0 saturated carbocycles. The van der Waals surface area contributed by atoms with Gasteiger partial charge in [0.1, 0.15) is 5.82 Å². The molecule has 5 nitrogen and oxygen atoms in total. The molecule has 0 aliphatic heterocycles. The molecule has 0 unspecified atom stereocenters. The third-order valence-electron chi connectivity index (χ3n) is 2.30. The maximum atomic E-state index is 11.0. The van der Waals surface area contributed by atoms with Gasteiger partial charge in [0, 0.05) is 27.6 Å². The zero-order valence-electron chi connectivity index (χ0n) is 10.8. The molecule has 2 rings (SSSR count). The average Bonchev–Trinajstić information content (AvgIpc) is 2.45. The minimum atomic E-state index is -0.404. The van der Waals surface area contributed by atoms with Crippen LogP contribution in [0.25, 0.3) is 0 Å². The summed E-state index contributed by atoms with van der Waals surface area (Å²) < 4.78 is 0. The van der Waals surface area contributed by atoms with Crippen molar-refractivity contribution in [3.05, 3.63) is 52.0 Å². The Bertz CT molecular complexity index is 654. The number of aromatic nitrogens is 2. The van der Waals surface area contributed by atoms with Crippen LogP contribution in [-0.2, 0) is 0 Å². The number of thioether (sulfide) groups is 1. The molecule has 0 atom stereocenters. The minimum absolute atomic E-state index is 0.404. The molecule has 0 fully saturated rings. The van der Waals surface area contributed by atoms with Crippen molar-refractivity contribution in [1.82, 2.24) is 9.97 Å². The van der Waals surface area contributed by atoms with Crippen molar-refractivity contribution in [2.75, 3.05) is 11.2 Å². The number of anilines is 1. The molecule has 2 aromatic rings. The molecule has 1 aromatic heterocycles. The van der Waals surface area contributed by atoms with Gasteiger partial charge in [-0.3, -0.25) is 10.4 Å². The summed E-state index contributed by atoms with van der Waals surface area (Å²) in [4.78, 5) is 18.2. The Hall–Kier alpha value is -1.79. The summed E-state index contributed by atoms with van der Waals surface area (Å²) in [6.45, 7) is 1.91. The molecule has 20 heavy (non-hydrogen) atoms. The van der Waals surface area contributed by atoms with Gasteiger partial charge in [0.2, 0.25) is 0 Å². The van der Waals surface area contributed by atoms with Gasteiger partial charge in [-0.2, -0.15) is 5.10 Å². The molecule has 1 heterocycles. The molecule has 0 bridgehead atoms. The van der Waals surface area contributed by atoms with Crippen molar-refractivity contribution in [1.29, 1.82) is 0 Å². The fourth-order valence-corrected chi connectivity index (χ4v) is 2.24. The number of hydrazone groups is 1. The van der Waals surface area contributed by atoms with Crippen LogP contribution in [0.3, 0.4) is 0 Å². The van der Waals surface area contributed by atoms with E-state index >= 15 is 0 Å². The zero-order valence-corrected chi connectivity index (χ0v) is 12.3. The third-order valence-corrected chi connectivity index (χ3v) is 3.72. The maximum absolute atomic E-state index is 11.0. The van der Waals surface area contributed by atoms with Crippen LogP contribution in [0, 0.1) is 0 Å². The average molecular weight is 309 g/mol. The van der Waals surface area contributed by atoms with Gasteiger partial charge in [-0.1, -0.05) is 11.6 Å². The molecule has 0 spiro atoms. The molecule has 1 aromatic carbocycles. The van der Waals surface area contributed by atoms with E-state index in [-0.39, 0.29) is 0 Å². The minimum Gasteiger partial charge on any atom is -0.291 e. The Morgan fingerprint density at radius 2 is 2.15 bits per heavy atom. The zero-order chi connectivity index (χ0) is 14.4. The summed E-state index contributed by atoms with van der Waals surface area (Å²) in [6.07, 6.45) is 1.43. The summed E-state index contributed by atoms with van der Waals surface area (Å²) in [5.74, 6) is 1.25. The van der Waals surface area contributed by atoms with E-state index in [2.05, 4.69) is 20.5 Å². The van der Waals surface area contributed by atoms with Crippen molar-refractivity contribution >= 4 is 34.9 Å². The second-order valence-electron chi connectivity index (χ2n) is 3.99. The summed E-state index contributed by atoms with van der Waals surface area (Å²) >= 11 is 7.49. The van der Waals surface area contributed by atoms with Gasteiger partial charge in [-0.25, -0.2) is 9.78 Å². The molecule has 7 heteroatoms. The van der Waals surface area contributed by atoms with Crippen molar-refractivity contribution in [2.45, 2.75) is 11.8 Å². The highest BCUT2D eigenvalue weighted by molar-refractivity contribution is 8.00. The van der Waals surface area contributed by atoms with Crippen LogP contribution >= 0.6 is 23.4 Å². The van der Waals surface area contributed by atoms with Crippen LogP contribution in [0.1, 0.15) is 6.92 Å². The molecule has 0 aliphatic rings. The number of rotatable bonds is 5. The van der Waals surface area contributed by atoms with Gasteiger partial charge in [0.15, 0.2) is 0 Å². The Balaban J connectivity index is 1.88. The standard InChI is InChI=1S/C13H13ClN4OS/c1-9(8-20-11-4-2-10(14)3-5-11)17-18-12-6-7-15-13(19)16-12/h2-7H,8H2,1H3,(H2,15,16,18,19). The lowest BCUT2D eigenvalue weighted by Gasteiger charge is -2.03. The van der Waals surface area contributed by atoms with Crippen molar-refractivity contribution < 1.29 is 0 Å². The monoisotopic (exact) mass is 308 g/mol. The number of nitrogens with zero attached hydrogens (tertiary/aromatic N) is 2. The fourth-order valence-electron chi connectivity index (χ4n) is 1.34. The first-order valence-electron chi connectivity index (χ1n) is 5.86. The summed E-state index contributed by atoms with van der Waals surface area (Å²) in [5, 5.41) is 4.92. The van der Waals surface area contributed by atoms with E-state index < -0.39 is 5.69 Å². The lowest BCUT2D eigenvalue weighted by molar-refractivity contribution is 1.06. The second-order valence-corrected chi connectivity index (χ2v) is 5.48. The molecular weight excluding hydrogens is 296 g/mol. The predicted octanol–water partition coefficient (Wildman–Crippen LogP) is 3.00. The number of hydrogen-bond donors (Lipinski definition) is 2. The topological polar surface area (TPSA) is 70.1 Å². The maximum Gasteiger partial charge on any atom is 0.346 e. The van der Waals surface area contributed by atoms with Crippen LogP contribution in [-0.4, -0.2) is 21.4 Å². The van der Waals surface area contributed by atoms with Gasteiger partial charge in [-0.15, -0.1) is 11.8 Å². The Kier molecular flexibility index (Phi) is 5.20. The summed E-state index contributed by atoms with van der Waals surface area (Å²) in [5.41, 5.74) is 3.29. The van der Waals surface area contributed by atoms with E-state index in [1.807, 2.05) is 31.2 Å². The van der Waals surface area contributed by atoms with Crippen molar-refractivity contribution in [3.63, 3.8) is 0 Å². The van der Waals surface area contributed by atoms with Crippen LogP contribution in [0.4, 0.5) is 5.82 Å². The molecule has 104 valence electrons. The highest BCUT2D eigenvalue weighted by atomic mass is 35.5. The molecular formula is C13H13ClN4OS. The van der Waals surface area contributed by atoms with E-state index in [4.69, 9.17) is 11.6 Å². The second kappa shape index (κ2) is 7.12. The number of hydrogen-bond acceptors (Lipinski definition) is 5. The Morgan fingerprint density at radius 3 is 2.85 bits per heavy atom. The molecule has 0 aliphatic carbocycles. The lowest BCUT2D eigenvalue weighted by atomic mass is 10.4. The number of benzene rings is 1. The third kappa shape index (κ3) is 4.71. The van der Waals surface area contributed by atoms with Gasteiger partial charge < -0.3 is 0 Å². The van der Waals surface area contributed by atoms with E-state index in [0.29, 0.717) is 5.82 Å². The fraction of sp³-hybridized carbons (Fsp3) is 0.154. The molecule has 0 radical (unpaired) electrons. The van der Waals surface area contributed by atoms with Crippen LogP contribution in [0.15, 0.2) is 51.3 Å². The van der Waals surface area contributed by atoms with Gasteiger partial charge in [0.05, 0.1) is 0 Å². The lowest BCUT2D eigenvalue weighted by Crippen LogP contribution is -2.11. The van der Waals surface area contributed by atoms with Crippen molar-refractivity contribution in [3.8, 4) is 0 Å². The number of H-pyrrole nitrogens is 1. The summed E-state index contributed by atoms with van der Waals surface area (Å²) in [6, 6.07) is 9.29. The Labute approximate surface area is 125 Å². The largest absolute Gasteiger partial charge is 0.346 e.